The highest BCUT2D eigenvalue weighted by molar-refractivity contribution is 9.10. The molecule has 2 N–H and O–H groups in total. The molecule has 0 saturated carbocycles. The summed E-state index contributed by atoms with van der Waals surface area (Å²) in [5.41, 5.74) is 2.14. The monoisotopic (exact) mass is 349 g/mol. The van der Waals surface area contributed by atoms with E-state index in [1.165, 1.54) is 11.6 Å². The van der Waals surface area contributed by atoms with Crippen molar-refractivity contribution in [3.05, 3.63) is 45.6 Å². The van der Waals surface area contributed by atoms with Crippen LogP contribution in [0.1, 0.15) is 21.6 Å². The van der Waals surface area contributed by atoms with E-state index in [-0.39, 0.29) is 5.69 Å². The molecule has 7 heteroatoms. The van der Waals surface area contributed by atoms with E-state index in [1.54, 1.807) is 6.07 Å². The summed E-state index contributed by atoms with van der Waals surface area (Å²) in [5.74, 6) is 0.347. The lowest BCUT2D eigenvalue weighted by Gasteiger charge is -2.10. The van der Waals surface area contributed by atoms with E-state index in [9.17, 15) is 4.79 Å². The lowest BCUT2D eigenvalue weighted by molar-refractivity contribution is 0.0689. The molecule has 6 nitrogen and oxygen atoms in total. The highest BCUT2D eigenvalue weighted by Crippen LogP contribution is 2.33. The third-order valence-corrected chi connectivity index (χ3v) is 3.63. The summed E-state index contributed by atoms with van der Waals surface area (Å²) in [7, 11) is 0. The first-order valence-electron chi connectivity index (χ1n) is 6.38. The van der Waals surface area contributed by atoms with E-state index in [2.05, 4.69) is 37.5 Å². The van der Waals surface area contributed by atoms with E-state index in [0.29, 0.717) is 19.0 Å². The summed E-state index contributed by atoms with van der Waals surface area (Å²) in [6, 6.07) is 7.07. The molecular formula is C14H12BrN3O3. The number of fused-ring (bicyclic) bond motifs is 1. The number of benzene rings is 1. The number of aromatic nitrogens is 2. The van der Waals surface area contributed by atoms with Crippen LogP contribution < -0.4 is 10.1 Å². The molecule has 0 bridgehead atoms. The number of hydrogen-bond donors (Lipinski definition) is 2. The van der Waals surface area contributed by atoms with Crippen molar-refractivity contribution in [2.75, 3.05) is 11.9 Å². The molecule has 3 rings (SSSR count). The van der Waals surface area contributed by atoms with Crippen LogP contribution in [0.5, 0.6) is 5.75 Å². The average Bonchev–Trinajstić information content (AvgIpc) is 2.93. The van der Waals surface area contributed by atoms with Crippen molar-refractivity contribution in [3.63, 3.8) is 0 Å². The summed E-state index contributed by atoms with van der Waals surface area (Å²) in [5, 5.41) is 19.4. The van der Waals surface area contributed by atoms with E-state index < -0.39 is 5.97 Å². The quantitative estimate of drug-likeness (QED) is 0.881. The number of aromatic carboxylic acids is 1. The van der Waals surface area contributed by atoms with Crippen LogP contribution in [0.15, 0.2) is 28.7 Å². The van der Waals surface area contributed by atoms with Crippen molar-refractivity contribution >= 4 is 27.7 Å². The van der Waals surface area contributed by atoms with Crippen molar-refractivity contribution in [2.45, 2.75) is 13.0 Å². The van der Waals surface area contributed by atoms with Gasteiger partial charge in [-0.2, -0.15) is 0 Å². The molecular weight excluding hydrogens is 338 g/mol. The molecule has 0 unspecified atom stereocenters. The Bertz CT molecular complexity index is 689. The maximum atomic E-state index is 10.7. The fourth-order valence-corrected chi connectivity index (χ4v) is 2.76. The Morgan fingerprint density at radius 2 is 2.24 bits per heavy atom. The number of halogens is 1. The molecule has 0 atom stereocenters. The predicted octanol–water partition coefficient (Wildman–Crippen LogP) is 2.48. The van der Waals surface area contributed by atoms with Gasteiger partial charge in [0.25, 0.3) is 0 Å². The number of carboxylic acid groups (broad SMARTS) is 1. The van der Waals surface area contributed by atoms with Crippen molar-refractivity contribution < 1.29 is 14.6 Å². The molecule has 1 aromatic carbocycles. The van der Waals surface area contributed by atoms with E-state index in [4.69, 9.17) is 9.84 Å². The van der Waals surface area contributed by atoms with Crippen LogP contribution >= 0.6 is 15.9 Å². The Balaban J connectivity index is 1.75. The molecule has 2 heterocycles. The van der Waals surface area contributed by atoms with Crippen LogP contribution in [0.25, 0.3) is 0 Å². The minimum absolute atomic E-state index is 0.0766. The Kier molecular flexibility index (Phi) is 3.74. The normalized spacial score (nSPS) is 12.6. The number of anilines is 1. The molecule has 1 aliphatic rings. The van der Waals surface area contributed by atoms with Crippen molar-refractivity contribution in [3.8, 4) is 5.75 Å². The number of ether oxygens (including phenoxy) is 1. The lowest BCUT2D eigenvalue weighted by Crippen LogP contribution is -2.07. The first-order chi connectivity index (χ1) is 10.1. The van der Waals surface area contributed by atoms with Gasteiger partial charge in [0, 0.05) is 23.0 Å². The number of carboxylic acids is 1. The Morgan fingerprint density at radius 1 is 1.38 bits per heavy atom. The van der Waals surface area contributed by atoms with Crippen LogP contribution in [0.4, 0.5) is 5.82 Å². The van der Waals surface area contributed by atoms with Gasteiger partial charge in [-0.25, -0.2) is 4.79 Å². The number of nitrogens with one attached hydrogen (secondary N) is 1. The Hall–Kier alpha value is -2.15. The summed E-state index contributed by atoms with van der Waals surface area (Å²) in [4.78, 5) is 10.7. The van der Waals surface area contributed by atoms with E-state index in [0.717, 1.165) is 22.2 Å². The molecule has 0 amide bonds. The zero-order valence-corrected chi connectivity index (χ0v) is 12.6. The van der Waals surface area contributed by atoms with Gasteiger partial charge in [0.2, 0.25) is 0 Å². The molecule has 0 saturated heterocycles. The van der Waals surface area contributed by atoms with Gasteiger partial charge in [0.05, 0.1) is 6.61 Å². The number of nitrogens with zero attached hydrogens (tertiary/aromatic N) is 2. The standard InChI is InChI=1S/C14H12BrN3O3/c15-10-5-8-3-4-21-13(8)9(6-10)7-16-12-2-1-11(14(19)20)17-18-12/h1-2,5-6H,3-4,7H2,(H,16,18)(H,19,20). The van der Waals surface area contributed by atoms with Gasteiger partial charge in [-0.1, -0.05) is 15.9 Å². The molecule has 0 spiro atoms. The molecule has 1 aromatic heterocycles. The average molecular weight is 350 g/mol. The second kappa shape index (κ2) is 5.69. The Morgan fingerprint density at radius 3 is 2.95 bits per heavy atom. The Labute approximate surface area is 129 Å². The first-order valence-corrected chi connectivity index (χ1v) is 7.18. The van der Waals surface area contributed by atoms with Crippen LogP contribution in [0.2, 0.25) is 0 Å². The van der Waals surface area contributed by atoms with Gasteiger partial charge in [-0.3, -0.25) is 0 Å². The van der Waals surface area contributed by atoms with Crippen LogP contribution in [-0.4, -0.2) is 27.9 Å². The fourth-order valence-electron chi connectivity index (χ4n) is 2.20. The van der Waals surface area contributed by atoms with Gasteiger partial charge < -0.3 is 15.2 Å². The van der Waals surface area contributed by atoms with E-state index >= 15 is 0 Å². The molecule has 0 fully saturated rings. The fraction of sp³-hybridized carbons (Fsp3) is 0.214. The molecule has 108 valence electrons. The zero-order chi connectivity index (χ0) is 14.8. The van der Waals surface area contributed by atoms with Crippen LogP contribution in [0, 0.1) is 0 Å². The zero-order valence-electron chi connectivity index (χ0n) is 11.0. The minimum Gasteiger partial charge on any atom is -0.493 e. The summed E-state index contributed by atoms with van der Waals surface area (Å²) in [6.07, 6.45) is 0.912. The highest BCUT2D eigenvalue weighted by atomic mass is 79.9. The van der Waals surface area contributed by atoms with E-state index in [1.807, 2.05) is 6.07 Å². The van der Waals surface area contributed by atoms with Crippen molar-refractivity contribution in [1.82, 2.24) is 10.2 Å². The smallest absolute Gasteiger partial charge is 0.356 e. The maximum absolute atomic E-state index is 10.7. The van der Waals surface area contributed by atoms with Gasteiger partial charge >= 0.3 is 5.97 Å². The second-order valence-electron chi connectivity index (χ2n) is 4.61. The summed E-state index contributed by atoms with van der Waals surface area (Å²) >= 11 is 3.49. The SMILES string of the molecule is O=C(O)c1ccc(NCc2cc(Br)cc3c2OCC3)nn1. The molecule has 2 aromatic rings. The minimum atomic E-state index is -1.09. The first kappa shape index (κ1) is 13.8. The van der Waals surface area contributed by atoms with Gasteiger partial charge in [-0.15, -0.1) is 10.2 Å². The third kappa shape index (κ3) is 2.97. The van der Waals surface area contributed by atoms with Crippen LogP contribution in [-0.2, 0) is 13.0 Å². The number of hydrogen-bond acceptors (Lipinski definition) is 5. The van der Waals surface area contributed by atoms with Gasteiger partial charge in [0.1, 0.15) is 11.6 Å². The molecule has 21 heavy (non-hydrogen) atoms. The number of rotatable bonds is 4. The predicted molar refractivity (Wildman–Crippen MR) is 79.7 cm³/mol. The van der Waals surface area contributed by atoms with Crippen molar-refractivity contribution in [2.24, 2.45) is 0 Å². The summed E-state index contributed by atoms with van der Waals surface area (Å²) < 4.78 is 6.66. The van der Waals surface area contributed by atoms with Crippen LogP contribution in [0.3, 0.4) is 0 Å². The molecule has 1 aliphatic heterocycles. The van der Waals surface area contributed by atoms with Crippen molar-refractivity contribution in [1.29, 1.82) is 0 Å². The van der Waals surface area contributed by atoms with Gasteiger partial charge in [0.15, 0.2) is 5.69 Å². The lowest BCUT2D eigenvalue weighted by atomic mass is 10.1. The van der Waals surface area contributed by atoms with Gasteiger partial charge in [-0.05, 0) is 29.8 Å². The highest BCUT2D eigenvalue weighted by Gasteiger charge is 2.17. The summed E-state index contributed by atoms with van der Waals surface area (Å²) in [6.45, 7) is 1.23. The largest absolute Gasteiger partial charge is 0.493 e. The molecule has 0 aliphatic carbocycles. The second-order valence-corrected chi connectivity index (χ2v) is 5.53. The third-order valence-electron chi connectivity index (χ3n) is 3.17. The topological polar surface area (TPSA) is 84.3 Å². The molecule has 0 radical (unpaired) electrons. The maximum Gasteiger partial charge on any atom is 0.356 e. The number of carbonyl (C=O) groups is 1.